The summed E-state index contributed by atoms with van der Waals surface area (Å²) in [6.45, 7) is 4.68. The SMILES string of the molecule is COc1cccc(COc2cnn(C(C)C)c2)c1. The van der Waals surface area contributed by atoms with Crippen molar-refractivity contribution < 1.29 is 9.47 Å². The molecule has 18 heavy (non-hydrogen) atoms. The fraction of sp³-hybridized carbons (Fsp3) is 0.357. The molecule has 0 atom stereocenters. The highest BCUT2D eigenvalue weighted by atomic mass is 16.5. The van der Waals surface area contributed by atoms with E-state index >= 15 is 0 Å². The van der Waals surface area contributed by atoms with Crippen molar-refractivity contribution in [2.75, 3.05) is 7.11 Å². The highest BCUT2D eigenvalue weighted by molar-refractivity contribution is 5.28. The molecule has 0 aliphatic heterocycles. The van der Waals surface area contributed by atoms with Crippen LogP contribution < -0.4 is 9.47 Å². The average Bonchev–Trinajstić information content (AvgIpc) is 2.85. The van der Waals surface area contributed by atoms with Gasteiger partial charge in [-0.2, -0.15) is 5.10 Å². The van der Waals surface area contributed by atoms with Crippen molar-refractivity contribution in [3.05, 3.63) is 42.2 Å². The van der Waals surface area contributed by atoms with Crippen molar-refractivity contribution in [2.45, 2.75) is 26.5 Å². The summed E-state index contributed by atoms with van der Waals surface area (Å²) in [6.07, 6.45) is 3.64. The second kappa shape index (κ2) is 5.58. The number of nitrogens with zero attached hydrogens (tertiary/aromatic N) is 2. The molecule has 96 valence electrons. The van der Waals surface area contributed by atoms with Crippen LogP contribution in [0.4, 0.5) is 0 Å². The van der Waals surface area contributed by atoms with E-state index in [0.717, 1.165) is 17.1 Å². The van der Waals surface area contributed by atoms with Gasteiger partial charge in [0.25, 0.3) is 0 Å². The molecule has 0 fully saturated rings. The molecule has 1 heterocycles. The molecule has 4 nitrogen and oxygen atoms in total. The third-order valence-corrected chi connectivity index (χ3v) is 2.65. The number of hydrogen-bond donors (Lipinski definition) is 0. The first-order chi connectivity index (χ1) is 8.69. The maximum absolute atomic E-state index is 5.68. The van der Waals surface area contributed by atoms with Crippen LogP contribution in [0.1, 0.15) is 25.5 Å². The third-order valence-electron chi connectivity index (χ3n) is 2.65. The summed E-state index contributed by atoms with van der Waals surface area (Å²) in [6, 6.07) is 8.19. The first-order valence-electron chi connectivity index (χ1n) is 5.99. The van der Waals surface area contributed by atoms with E-state index in [9.17, 15) is 0 Å². The Kier molecular flexibility index (Phi) is 3.87. The molecule has 0 N–H and O–H groups in total. The van der Waals surface area contributed by atoms with Gasteiger partial charge in [0, 0.05) is 6.04 Å². The highest BCUT2D eigenvalue weighted by Crippen LogP contribution is 2.17. The minimum absolute atomic E-state index is 0.346. The Hall–Kier alpha value is -1.97. The summed E-state index contributed by atoms with van der Waals surface area (Å²) < 4.78 is 12.7. The summed E-state index contributed by atoms with van der Waals surface area (Å²) in [5.74, 6) is 1.63. The smallest absolute Gasteiger partial charge is 0.157 e. The van der Waals surface area contributed by atoms with Crippen molar-refractivity contribution in [2.24, 2.45) is 0 Å². The lowest BCUT2D eigenvalue weighted by Crippen LogP contribution is -2.00. The van der Waals surface area contributed by atoms with Crippen molar-refractivity contribution in [3.8, 4) is 11.5 Å². The molecule has 0 unspecified atom stereocenters. The van der Waals surface area contributed by atoms with Gasteiger partial charge in [-0.25, -0.2) is 0 Å². The second-order valence-corrected chi connectivity index (χ2v) is 4.39. The average molecular weight is 246 g/mol. The molecule has 1 aromatic heterocycles. The molecule has 2 aromatic rings. The molecular formula is C14H18N2O2. The predicted molar refractivity (Wildman–Crippen MR) is 69.9 cm³/mol. The molecule has 0 bridgehead atoms. The van der Waals surface area contributed by atoms with E-state index in [4.69, 9.17) is 9.47 Å². The van der Waals surface area contributed by atoms with Crippen LogP contribution in [0, 0.1) is 0 Å². The Bertz CT molecular complexity index is 506. The fourth-order valence-corrected chi connectivity index (χ4v) is 1.61. The molecule has 0 aliphatic rings. The van der Waals surface area contributed by atoms with Gasteiger partial charge in [-0.1, -0.05) is 12.1 Å². The number of aromatic nitrogens is 2. The van der Waals surface area contributed by atoms with E-state index in [0.29, 0.717) is 12.6 Å². The summed E-state index contributed by atoms with van der Waals surface area (Å²) in [5, 5.41) is 4.23. The summed E-state index contributed by atoms with van der Waals surface area (Å²) in [7, 11) is 1.66. The predicted octanol–water partition coefficient (Wildman–Crippen LogP) is 3.05. The van der Waals surface area contributed by atoms with Crippen LogP contribution >= 0.6 is 0 Å². The zero-order valence-corrected chi connectivity index (χ0v) is 11.0. The molecule has 0 saturated carbocycles. The third kappa shape index (κ3) is 3.03. The van der Waals surface area contributed by atoms with Gasteiger partial charge in [-0.3, -0.25) is 4.68 Å². The number of rotatable bonds is 5. The van der Waals surface area contributed by atoms with Gasteiger partial charge < -0.3 is 9.47 Å². The summed E-state index contributed by atoms with van der Waals surface area (Å²) >= 11 is 0. The van der Waals surface area contributed by atoms with E-state index in [1.807, 2.05) is 35.1 Å². The second-order valence-electron chi connectivity index (χ2n) is 4.39. The fourth-order valence-electron chi connectivity index (χ4n) is 1.61. The van der Waals surface area contributed by atoms with Crippen LogP contribution in [0.5, 0.6) is 11.5 Å². The van der Waals surface area contributed by atoms with Crippen LogP contribution in [0.15, 0.2) is 36.7 Å². The van der Waals surface area contributed by atoms with Gasteiger partial charge in [0.2, 0.25) is 0 Å². The lowest BCUT2D eigenvalue weighted by molar-refractivity contribution is 0.304. The highest BCUT2D eigenvalue weighted by Gasteiger charge is 2.03. The molecule has 0 radical (unpaired) electrons. The maximum atomic E-state index is 5.68. The molecule has 0 aliphatic carbocycles. The van der Waals surface area contributed by atoms with Crippen LogP contribution in [0.25, 0.3) is 0 Å². The van der Waals surface area contributed by atoms with E-state index in [1.165, 1.54) is 0 Å². The Morgan fingerprint density at radius 2 is 2.11 bits per heavy atom. The van der Waals surface area contributed by atoms with Crippen LogP contribution in [-0.2, 0) is 6.61 Å². The number of methoxy groups -OCH3 is 1. The molecule has 2 rings (SSSR count). The standard InChI is InChI=1S/C14H18N2O2/c1-11(2)16-9-14(8-15-16)18-10-12-5-4-6-13(7-12)17-3/h4-9,11H,10H2,1-3H3. The summed E-state index contributed by atoms with van der Waals surface area (Å²) in [5.41, 5.74) is 1.08. The van der Waals surface area contributed by atoms with E-state index < -0.39 is 0 Å². The van der Waals surface area contributed by atoms with Crippen molar-refractivity contribution >= 4 is 0 Å². The van der Waals surface area contributed by atoms with Crippen LogP contribution in [0.2, 0.25) is 0 Å². The van der Waals surface area contributed by atoms with Crippen molar-refractivity contribution in [3.63, 3.8) is 0 Å². The van der Waals surface area contributed by atoms with Crippen LogP contribution in [0.3, 0.4) is 0 Å². The molecule has 1 aromatic carbocycles. The monoisotopic (exact) mass is 246 g/mol. The van der Waals surface area contributed by atoms with E-state index in [2.05, 4.69) is 18.9 Å². The first-order valence-corrected chi connectivity index (χ1v) is 5.99. The lowest BCUT2D eigenvalue weighted by atomic mass is 10.2. The number of ether oxygens (including phenoxy) is 2. The van der Waals surface area contributed by atoms with Gasteiger partial charge in [-0.15, -0.1) is 0 Å². The van der Waals surface area contributed by atoms with E-state index in [1.54, 1.807) is 13.3 Å². The molecule has 0 amide bonds. The normalized spacial score (nSPS) is 10.7. The van der Waals surface area contributed by atoms with Crippen molar-refractivity contribution in [1.29, 1.82) is 0 Å². The van der Waals surface area contributed by atoms with Gasteiger partial charge in [0.15, 0.2) is 5.75 Å². The quantitative estimate of drug-likeness (QED) is 0.813. The topological polar surface area (TPSA) is 36.3 Å². The number of benzene rings is 1. The van der Waals surface area contributed by atoms with E-state index in [-0.39, 0.29) is 0 Å². The molecule has 0 saturated heterocycles. The Labute approximate surface area is 107 Å². The lowest BCUT2D eigenvalue weighted by Gasteiger charge is -2.06. The maximum Gasteiger partial charge on any atom is 0.157 e. The van der Waals surface area contributed by atoms with Crippen LogP contribution in [-0.4, -0.2) is 16.9 Å². The van der Waals surface area contributed by atoms with Crippen molar-refractivity contribution in [1.82, 2.24) is 9.78 Å². The molecule has 0 spiro atoms. The van der Waals surface area contributed by atoms with Gasteiger partial charge in [-0.05, 0) is 31.5 Å². The van der Waals surface area contributed by atoms with Gasteiger partial charge >= 0.3 is 0 Å². The minimum Gasteiger partial charge on any atom is -0.497 e. The Morgan fingerprint density at radius 1 is 1.28 bits per heavy atom. The molecular weight excluding hydrogens is 228 g/mol. The minimum atomic E-state index is 0.346. The first kappa shape index (κ1) is 12.5. The Balaban J connectivity index is 1.97. The summed E-state index contributed by atoms with van der Waals surface area (Å²) in [4.78, 5) is 0. The Morgan fingerprint density at radius 3 is 2.78 bits per heavy atom. The zero-order chi connectivity index (χ0) is 13.0. The van der Waals surface area contributed by atoms with Gasteiger partial charge in [0.05, 0.1) is 19.5 Å². The number of hydrogen-bond acceptors (Lipinski definition) is 3. The zero-order valence-electron chi connectivity index (χ0n) is 11.0. The largest absolute Gasteiger partial charge is 0.497 e. The van der Waals surface area contributed by atoms with Gasteiger partial charge in [0.1, 0.15) is 12.4 Å². The molecule has 4 heteroatoms.